The Morgan fingerprint density at radius 1 is 1.05 bits per heavy atom. The molecule has 0 aliphatic rings. The first-order valence-electron chi connectivity index (χ1n) is 5.79. The second kappa shape index (κ2) is 5.20. The second-order valence-electron chi connectivity index (χ2n) is 4.59. The molecule has 3 nitrogen and oxygen atoms in total. The van der Waals surface area contributed by atoms with Crippen LogP contribution in [0.2, 0.25) is 0 Å². The van der Waals surface area contributed by atoms with E-state index in [1.54, 1.807) is 19.1 Å². The molecular formula is C14H13F2NO2S. The van der Waals surface area contributed by atoms with E-state index >= 15 is 0 Å². The number of aryl methyl sites for hydroxylation is 1. The van der Waals surface area contributed by atoms with Crippen molar-refractivity contribution in [2.24, 2.45) is 0 Å². The Morgan fingerprint density at radius 2 is 1.75 bits per heavy atom. The van der Waals surface area contributed by atoms with Crippen LogP contribution in [-0.2, 0) is 10.0 Å². The average Bonchev–Trinajstić information content (AvgIpc) is 2.25. The number of hydrogen-bond acceptors (Lipinski definition) is 2. The molecule has 0 spiro atoms. The second-order valence-corrected chi connectivity index (χ2v) is 6.33. The number of benzene rings is 2. The molecule has 0 saturated carbocycles. The lowest BCUT2D eigenvalue weighted by Gasteiger charge is -2.10. The Morgan fingerprint density at radius 3 is 2.35 bits per heavy atom. The number of anilines is 1. The molecule has 20 heavy (non-hydrogen) atoms. The molecule has 1 N–H and O–H groups in total. The summed E-state index contributed by atoms with van der Waals surface area (Å²) in [6.07, 6.45) is 1.04. The molecule has 106 valence electrons. The molecule has 0 radical (unpaired) electrons. The van der Waals surface area contributed by atoms with Gasteiger partial charge in [0.25, 0.3) is 0 Å². The lowest BCUT2D eigenvalue weighted by Crippen LogP contribution is -2.09. The third-order valence-electron chi connectivity index (χ3n) is 2.62. The van der Waals surface area contributed by atoms with E-state index in [2.05, 4.69) is 4.72 Å². The van der Waals surface area contributed by atoms with Crippen molar-refractivity contribution in [3.8, 4) is 11.1 Å². The van der Waals surface area contributed by atoms with E-state index in [9.17, 15) is 17.2 Å². The molecule has 0 atom stereocenters. The first-order chi connectivity index (χ1) is 9.24. The molecule has 2 aromatic rings. The standard InChI is InChI=1S/C14H13F2NO2S/c1-9-5-10(7-12(6-9)17-20(2,18)19)13-4-3-11(15)8-14(13)16/h3-8,17H,1-2H3. The van der Waals surface area contributed by atoms with Gasteiger partial charge in [0.2, 0.25) is 10.0 Å². The van der Waals surface area contributed by atoms with Crippen molar-refractivity contribution >= 4 is 15.7 Å². The van der Waals surface area contributed by atoms with Gasteiger partial charge in [-0.25, -0.2) is 17.2 Å². The van der Waals surface area contributed by atoms with E-state index in [1.165, 1.54) is 12.1 Å². The van der Waals surface area contributed by atoms with Crippen LogP contribution in [0.25, 0.3) is 11.1 Å². The fraction of sp³-hybridized carbons (Fsp3) is 0.143. The van der Waals surface area contributed by atoms with Crippen LogP contribution >= 0.6 is 0 Å². The highest BCUT2D eigenvalue weighted by molar-refractivity contribution is 7.92. The van der Waals surface area contributed by atoms with Crippen molar-refractivity contribution in [3.05, 3.63) is 53.6 Å². The molecule has 6 heteroatoms. The number of sulfonamides is 1. The van der Waals surface area contributed by atoms with E-state index in [4.69, 9.17) is 0 Å². The molecule has 0 aromatic heterocycles. The van der Waals surface area contributed by atoms with Gasteiger partial charge in [-0.3, -0.25) is 4.72 Å². The Kier molecular flexibility index (Phi) is 3.76. The minimum Gasteiger partial charge on any atom is -0.284 e. The third kappa shape index (κ3) is 3.54. The van der Waals surface area contributed by atoms with Gasteiger partial charge in [-0.2, -0.15) is 0 Å². The molecular weight excluding hydrogens is 284 g/mol. The van der Waals surface area contributed by atoms with Crippen LogP contribution in [0.4, 0.5) is 14.5 Å². The van der Waals surface area contributed by atoms with Crippen molar-refractivity contribution < 1.29 is 17.2 Å². The highest BCUT2D eigenvalue weighted by Gasteiger charge is 2.09. The maximum absolute atomic E-state index is 13.8. The minimum atomic E-state index is -3.41. The molecule has 2 aromatic carbocycles. The van der Waals surface area contributed by atoms with Crippen LogP contribution < -0.4 is 4.72 Å². The van der Waals surface area contributed by atoms with Crippen molar-refractivity contribution in [3.63, 3.8) is 0 Å². The lowest BCUT2D eigenvalue weighted by molar-refractivity contribution is 0.585. The smallest absolute Gasteiger partial charge is 0.229 e. The molecule has 0 aliphatic heterocycles. The molecule has 0 unspecified atom stereocenters. The van der Waals surface area contributed by atoms with Crippen molar-refractivity contribution in [2.75, 3.05) is 11.0 Å². The van der Waals surface area contributed by atoms with E-state index in [0.29, 0.717) is 11.3 Å². The summed E-state index contributed by atoms with van der Waals surface area (Å²) in [6, 6.07) is 8.11. The van der Waals surface area contributed by atoms with Gasteiger partial charge in [0.15, 0.2) is 0 Å². The monoisotopic (exact) mass is 297 g/mol. The van der Waals surface area contributed by atoms with Crippen LogP contribution in [0.15, 0.2) is 36.4 Å². The molecule has 0 fully saturated rings. The highest BCUT2D eigenvalue weighted by Crippen LogP contribution is 2.27. The number of rotatable bonds is 3. The van der Waals surface area contributed by atoms with Crippen LogP contribution in [0.1, 0.15) is 5.56 Å². The minimum absolute atomic E-state index is 0.214. The summed E-state index contributed by atoms with van der Waals surface area (Å²) in [5.41, 5.74) is 1.80. The molecule has 0 amide bonds. The van der Waals surface area contributed by atoms with E-state index in [-0.39, 0.29) is 5.56 Å². The number of halogens is 2. The zero-order chi connectivity index (χ0) is 14.9. The van der Waals surface area contributed by atoms with Crippen LogP contribution in [-0.4, -0.2) is 14.7 Å². The van der Waals surface area contributed by atoms with Gasteiger partial charge in [-0.05, 0) is 42.3 Å². The summed E-state index contributed by atoms with van der Waals surface area (Å²) in [5.74, 6) is -1.35. The summed E-state index contributed by atoms with van der Waals surface area (Å²) >= 11 is 0. The lowest BCUT2D eigenvalue weighted by atomic mass is 10.0. The summed E-state index contributed by atoms with van der Waals surface area (Å²) in [7, 11) is -3.41. The fourth-order valence-corrected chi connectivity index (χ4v) is 2.48. The molecule has 0 heterocycles. The van der Waals surface area contributed by atoms with E-state index in [1.807, 2.05) is 0 Å². The first-order valence-corrected chi connectivity index (χ1v) is 7.69. The maximum Gasteiger partial charge on any atom is 0.229 e. The summed E-state index contributed by atoms with van der Waals surface area (Å²) in [5, 5.41) is 0. The zero-order valence-electron chi connectivity index (χ0n) is 10.9. The van der Waals surface area contributed by atoms with Gasteiger partial charge < -0.3 is 0 Å². The molecule has 0 bridgehead atoms. The van der Waals surface area contributed by atoms with Gasteiger partial charge >= 0.3 is 0 Å². The summed E-state index contributed by atoms with van der Waals surface area (Å²) in [4.78, 5) is 0. The fourth-order valence-electron chi connectivity index (χ4n) is 1.94. The van der Waals surface area contributed by atoms with E-state index in [0.717, 1.165) is 24.0 Å². The predicted octanol–water partition coefficient (Wildman–Crippen LogP) is 3.31. The van der Waals surface area contributed by atoms with Crippen molar-refractivity contribution in [2.45, 2.75) is 6.92 Å². The van der Waals surface area contributed by atoms with Crippen LogP contribution in [0.5, 0.6) is 0 Å². The van der Waals surface area contributed by atoms with E-state index < -0.39 is 21.7 Å². The first kappa shape index (κ1) is 14.5. The van der Waals surface area contributed by atoms with Gasteiger partial charge in [0, 0.05) is 17.3 Å². The van der Waals surface area contributed by atoms with Crippen molar-refractivity contribution in [1.82, 2.24) is 0 Å². The summed E-state index contributed by atoms with van der Waals surface area (Å²) in [6.45, 7) is 1.76. The average molecular weight is 297 g/mol. The topological polar surface area (TPSA) is 46.2 Å². The Labute approximate surface area is 116 Å². The van der Waals surface area contributed by atoms with Crippen LogP contribution in [0, 0.1) is 18.6 Å². The SMILES string of the molecule is Cc1cc(NS(C)(=O)=O)cc(-c2ccc(F)cc2F)c1. The van der Waals surface area contributed by atoms with Crippen molar-refractivity contribution in [1.29, 1.82) is 0 Å². The predicted molar refractivity (Wildman–Crippen MR) is 75.0 cm³/mol. The Balaban J connectivity index is 2.52. The van der Waals surface area contributed by atoms with Gasteiger partial charge in [-0.15, -0.1) is 0 Å². The largest absolute Gasteiger partial charge is 0.284 e. The maximum atomic E-state index is 13.8. The normalized spacial score (nSPS) is 11.4. The number of nitrogens with one attached hydrogen (secondary N) is 1. The number of hydrogen-bond donors (Lipinski definition) is 1. The molecule has 0 aliphatic carbocycles. The quantitative estimate of drug-likeness (QED) is 0.944. The van der Waals surface area contributed by atoms with Gasteiger partial charge in [-0.1, -0.05) is 6.07 Å². The van der Waals surface area contributed by atoms with Gasteiger partial charge in [0.05, 0.1) is 6.26 Å². The van der Waals surface area contributed by atoms with Gasteiger partial charge in [0.1, 0.15) is 11.6 Å². The molecule has 2 rings (SSSR count). The Bertz CT molecular complexity index is 758. The summed E-state index contributed by atoms with van der Waals surface area (Å²) < 4.78 is 51.5. The third-order valence-corrected chi connectivity index (χ3v) is 3.23. The molecule has 0 saturated heterocycles. The Hall–Kier alpha value is -1.95. The highest BCUT2D eigenvalue weighted by atomic mass is 32.2. The zero-order valence-corrected chi connectivity index (χ0v) is 11.8. The van der Waals surface area contributed by atoms with Crippen LogP contribution in [0.3, 0.4) is 0 Å².